The minimum Gasteiger partial charge on any atom is -0.451 e. The van der Waals surface area contributed by atoms with Gasteiger partial charge >= 0.3 is 5.97 Å². The first-order valence-electron chi connectivity index (χ1n) is 5.90. The topological polar surface area (TPSA) is 38.3 Å². The number of esters is 1. The van der Waals surface area contributed by atoms with E-state index in [1.807, 2.05) is 26.8 Å². The highest BCUT2D eigenvalue weighted by molar-refractivity contribution is 5.80. The van der Waals surface area contributed by atoms with Gasteiger partial charge < -0.3 is 10.1 Å². The SMILES string of the molecule is C#CCOC(=O)[C@H](C)Nc1c(C)ccc(C)c1C. The van der Waals surface area contributed by atoms with E-state index in [1.54, 1.807) is 6.92 Å². The van der Waals surface area contributed by atoms with Crippen LogP contribution < -0.4 is 5.32 Å². The molecule has 1 aromatic carbocycles. The molecule has 1 N–H and O–H groups in total. The first-order valence-corrected chi connectivity index (χ1v) is 5.90. The number of benzene rings is 1. The molecule has 0 aliphatic heterocycles. The highest BCUT2D eigenvalue weighted by Gasteiger charge is 2.16. The van der Waals surface area contributed by atoms with Crippen LogP contribution in [0.1, 0.15) is 23.6 Å². The third-order valence-electron chi connectivity index (χ3n) is 2.96. The van der Waals surface area contributed by atoms with Crippen LogP contribution in [0.5, 0.6) is 0 Å². The van der Waals surface area contributed by atoms with Crippen LogP contribution in [0.3, 0.4) is 0 Å². The van der Waals surface area contributed by atoms with Gasteiger partial charge in [0.15, 0.2) is 6.61 Å². The van der Waals surface area contributed by atoms with E-state index in [1.165, 1.54) is 5.56 Å². The molecule has 0 unspecified atom stereocenters. The summed E-state index contributed by atoms with van der Waals surface area (Å²) in [6.07, 6.45) is 5.05. The van der Waals surface area contributed by atoms with Crippen LogP contribution >= 0.6 is 0 Å². The summed E-state index contributed by atoms with van der Waals surface area (Å²) in [6, 6.07) is 3.68. The number of carbonyl (C=O) groups excluding carboxylic acids is 1. The van der Waals surface area contributed by atoms with Gasteiger partial charge in [-0.3, -0.25) is 0 Å². The smallest absolute Gasteiger partial charge is 0.329 e. The fourth-order valence-corrected chi connectivity index (χ4v) is 1.69. The standard InChI is InChI=1S/C15H19NO2/c1-6-9-18-15(17)13(5)16-14-11(3)8-7-10(2)12(14)4/h1,7-8,13,16H,9H2,2-5H3/t13-/m0/s1. The molecule has 0 bridgehead atoms. The molecular weight excluding hydrogens is 226 g/mol. The predicted octanol–water partition coefficient (Wildman–Crippen LogP) is 2.59. The van der Waals surface area contributed by atoms with Crippen LogP contribution in [-0.4, -0.2) is 18.6 Å². The van der Waals surface area contributed by atoms with E-state index in [9.17, 15) is 4.79 Å². The second-order valence-corrected chi connectivity index (χ2v) is 4.38. The fraction of sp³-hybridized carbons (Fsp3) is 0.400. The molecule has 18 heavy (non-hydrogen) atoms. The number of aryl methyl sites for hydroxylation is 2. The zero-order chi connectivity index (χ0) is 13.7. The Labute approximate surface area is 109 Å². The molecule has 1 aromatic rings. The maximum absolute atomic E-state index is 11.6. The Hall–Kier alpha value is -1.95. The van der Waals surface area contributed by atoms with Crippen LogP contribution in [0, 0.1) is 33.1 Å². The van der Waals surface area contributed by atoms with Crippen LogP contribution in [0.15, 0.2) is 12.1 Å². The van der Waals surface area contributed by atoms with E-state index in [-0.39, 0.29) is 12.6 Å². The minimum atomic E-state index is -0.419. The zero-order valence-corrected chi connectivity index (χ0v) is 11.3. The monoisotopic (exact) mass is 245 g/mol. The van der Waals surface area contributed by atoms with Gasteiger partial charge in [0.2, 0.25) is 0 Å². The third kappa shape index (κ3) is 3.27. The van der Waals surface area contributed by atoms with Gasteiger partial charge in [-0.1, -0.05) is 18.1 Å². The molecule has 0 fully saturated rings. The fourth-order valence-electron chi connectivity index (χ4n) is 1.69. The van der Waals surface area contributed by atoms with E-state index in [0.717, 1.165) is 16.8 Å². The van der Waals surface area contributed by atoms with E-state index >= 15 is 0 Å². The van der Waals surface area contributed by atoms with Crippen molar-refractivity contribution in [2.24, 2.45) is 0 Å². The van der Waals surface area contributed by atoms with Crippen LogP contribution in [0.25, 0.3) is 0 Å². The number of nitrogens with one attached hydrogen (secondary N) is 1. The summed E-state index contributed by atoms with van der Waals surface area (Å²) < 4.78 is 4.90. The van der Waals surface area contributed by atoms with Crippen LogP contribution in [-0.2, 0) is 9.53 Å². The van der Waals surface area contributed by atoms with Crippen molar-refractivity contribution in [3.63, 3.8) is 0 Å². The maximum atomic E-state index is 11.6. The molecule has 0 amide bonds. The Kier molecular flexibility index (Phi) is 4.79. The second-order valence-electron chi connectivity index (χ2n) is 4.38. The van der Waals surface area contributed by atoms with Gasteiger partial charge in [-0.15, -0.1) is 6.42 Å². The molecule has 0 radical (unpaired) electrons. The van der Waals surface area contributed by atoms with Crippen molar-refractivity contribution in [2.75, 3.05) is 11.9 Å². The van der Waals surface area contributed by atoms with Crippen LogP contribution in [0.4, 0.5) is 5.69 Å². The van der Waals surface area contributed by atoms with Crippen molar-refractivity contribution in [1.82, 2.24) is 0 Å². The van der Waals surface area contributed by atoms with Crippen molar-refractivity contribution in [3.8, 4) is 12.3 Å². The normalized spacial score (nSPS) is 11.5. The first kappa shape index (κ1) is 14.1. The highest BCUT2D eigenvalue weighted by atomic mass is 16.5. The second kappa shape index (κ2) is 6.11. The quantitative estimate of drug-likeness (QED) is 0.654. The van der Waals surface area contributed by atoms with E-state index in [2.05, 4.69) is 17.3 Å². The Balaban J connectivity index is 2.82. The molecule has 3 nitrogen and oxygen atoms in total. The number of hydrogen-bond donors (Lipinski definition) is 1. The lowest BCUT2D eigenvalue weighted by molar-refractivity contribution is -0.142. The maximum Gasteiger partial charge on any atom is 0.329 e. The van der Waals surface area contributed by atoms with Gasteiger partial charge in [0.05, 0.1) is 0 Å². The molecule has 1 atom stereocenters. The number of rotatable bonds is 4. The van der Waals surface area contributed by atoms with Gasteiger partial charge in [0.1, 0.15) is 6.04 Å². The molecule has 0 aliphatic carbocycles. The lowest BCUT2D eigenvalue weighted by Crippen LogP contribution is -2.29. The number of carbonyl (C=O) groups is 1. The number of ether oxygens (including phenoxy) is 1. The Bertz CT molecular complexity index is 486. The summed E-state index contributed by atoms with van der Waals surface area (Å²) in [7, 11) is 0. The van der Waals surface area contributed by atoms with E-state index in [4.69, 9.17) is 11.2 Å². The Morgan fingerprint density at radius 3 is 2.61 bits per heavy atom. The van der Waals surface area contributed by atoms with Crippen molar-refractivity contribution in [1.29, 1.82) is 0 Å². The molecule has 0 aliphatic rings. The molecule has 0 heterocycles. The number of hydrogen-bond acceptors (Lipinski definition) is 3. The third-order valence-corrected chi connectivity index (χ3v) is 2.96. The summed E-state index contributed by atoms with van der Waals surface area (Å²) in [5.74, 6) is 1.94. The predicted molar refractivity (Wildman–Crippen MR) is 73.5 cm³/mol. The Morgan fingerprint density at radius 1 is 1.39 bits per heavy atom. The molecule has 96 valence electrons. The summed E-state index contributed by atoms with van der Waals surface area (Å²) in [4.78, 5) is 11.6. The van der Waals surface area contributed by atoms with Gasteiger partial charge in [0, 0.05) is 5.69 Å². The molecule has 3 heteroatoms. The molecular formula is C15H19NO2. The first-order chi connectivity index (χ1) is 8.47. The average Bonchev–Trinajstić information content (AvgIpc) is 2.36. The molecule has 0 saturated carbocycles. The summed E-state index contributed by atoms with van der Waals surface area (Å²) >= 11 is 0. The summed E-state index contributed by atoms with van der Waals surface area (Å²) in [5, 5.41) is 3.18. The van der Waals surface area contributed by atoms with E-state index in [0.29, 0.717) is 0 Å². The molecule has 0 aromatic heterocycles. The van der Waals surface area contributed by atoms with Crippen molar-refractivity contribution in [2.45, 2.75) is 33.7 Å². The molecule has 0 saturated heterocycles. The molecule has 1 rings (SSSR count). The van der Waals surface area contributed by atoms with Crippen LogP contribution in [0.2, 0.25) is 0 Å². The lowest BCUT2D eigenvalue weighted by atomic mass is 10.0. The van der Waals surface area contributed by atoms with E-state index < -0.39 is 6.04 Å². The number of anilines is 1. The van der Waals surface area contributed by atoms with Gasteiger partial charge in [-0.25, -0.2) is 4.79 Å². The van der Waals surface area contributed by atoms with Crippen molar-refractivity contribution >= 4 is 11.7 Å². The average molecular weight is 245 g/mol. The Morgan fingerprint density at radius 2 is 2.00 bits per heavy atom. The van der Waals surface area contributed by atoms with Gasteiger partial charge in [-0.05, 0) is 44.4 Å². The minimum absolute atomic E-state index is 0.0106. The number of terminal acetylenes is 1. The largest absolute Gasteiger partial charge is 0.451 e. The zero-order valence-electron chi connectivity index (χ0n) is 11.3. The van der Waals surface area contributed by atoms with Gasteiger partial charge in [-0.2, -0.15) is 0 Å². The van der Waals surface area contributed by atoms with Crippen molar-refractivity contribution in [3.05, 3.63) is 28.8 Å². The summed E-state index contributed by atoms with van der Waals surface area (Å²) in [6.45, 7) is 7.86. The summed E-state index contributed by atoms with van der Waals surface area (Å²) in [5.41, 5.74) is 4.42. The molecule has 0 spiro atoms. The lowest BCUT2D eigenvalue weighted by Gasteiger charge is -2.18. The van der Waals surface area contributed by atoms with Crippen molar-refractivity contribution < 1.29 is 9.53 Å². The van der Waals surface area contributed by atoms with Gasteiger partial charge in [0.25, 0.3) is 0 Å². The highest BCUT2D eigenvalue weighted by Crippen LogP contribution is 2.23.